The van der Waals surface area contributed by atoms with Crippen molar-refractivity contribution in [1.82, 2.24) is 10.6 Å². The molecule has 6 nitrogen and oxygen atoms in total. The summed E-state index contributed by atoms with van der Waals surface area (Å²) in [5, 5.41) is 5.56. The molecule has 6 heteroatoms. The molecule has 0 aliphatic heterocycles. The van der Waals surface area contributed by atoms with Gasteiger partial charge in [0.25, 0.3) is 0 Å². The molecule has 0 aliphatic rings. The van der Waals surface area contributed by atoms with Crippen LogP contribution in [0.3, 0.4) is 0 Å². The number of carbonyl (C=O) groups excluding carboxylic acids is 3. The van der Waals surface area contributed by atoms with Crippen LogP contribution in [-0.2, 0) is 14.4 Å². The van der Waals surface area contributed by atoms with Gasteiger partial charge < -0.3 is 16.4 Å². The highest BCUT2D eigenvalue weighted by molar-refractivity contribution is 5.86. The molecule has 0 rings (SSSR count). The second-order valence-electron chi connectivity index (χ2n) is 6.93. The van der Waals surface area contributed by atoms with Gasteiger partial charge >= 0.3 is 0 Å². The number of unbranched alkanes of at least 4 members (excludes halogenated alkanes) is 1. The van der Waals surface area contributed by atoms with Crippen LogP contribution in [0.15, 0.2) is 0 Å². The third-order valence-corrected chi connectivity index (χ3v) is 4.83. The van der Waals surface area contributed by atoms with Crippen molar-refractivity contribution >= 4 is 17.6 Å². The van der Waals surface area contributed by atoms with Crippen molar-refractivity contribution in [2.24, 2.45) is 11.1 Å². The van der Waals surface area contributed by atoms with Crippen molar-refractivity contribution < 1.29 is 14.4 Å². The van der Waals surface area contributed by atoms with Crippen LogP contribution in [0.1, 0.15) is 79.1 Å². The van der Waals surface area contributed by atoms with Crippen molar-refractivity contribution in [1.29, 1.82) is 0 Å². The van der Waals surface area contributed by atoms with E-state index in [-0.39, 0.29) is 23.0 Å². The number of amides is 2. The number of carbonyl (C=O) groups is 3. The van der Waals surface area contributed by atoms with Crippen LogP contribution in [0.25, 0.3) is 0 Å². The van der Waals surface area contributed by atoms with Crippen LogP contribution in [-0.4, -0.2) is 36.7 Å². The van der Waals surface area contributed by atoms with E-state index in [1.165, 1.54) is 0 Å². The molecular formula is C19H37N3O3. The van der Waals surface area contributed by atoms with Gasteiger partial charge in [-0.3, -0.25) is 14.4 Å². The number of hydrogen-bond donors (Lipinski definition) is 3. The predicted molar refractivity (Wildman–Crippen MR) is 101 cm³/mol. The second kappa shape index (κ2) is 12.9. The summed E-state index contributed by atoms with van der Waals surface area (Å²) in [4.78, 5) is 35.4. The van der Waals surface area contributed by atoms with Crippen molar-refractivity contribution in [3.8, 4) is 0 Å². The Morgan fingerprint density at radius 2 is 1.72 bits per heavy atom. The Labute approximate surface area is 152 Å². The minimum absolute atomic E-state index is 0.0360. The van der Waals surface area contributed by atoms with Gasteiger partial charge in [0, 0.05) is 31.3 Å². The van der Waals surface area contributed by atoms with Crippen LogP contribution >= 0.6 is 0 Å². The molecule has 1 unspecified atom stereocenters. The van der Waals surface area contributed by atoms with Gasteiger partial charge in [-0.2, -0.15) is 0 Å². The SMILES string of the molecule is CCCC(C)(CC)C(=O)CCNC(=O)[C@@H](N)CCCCNC(=O)CC. The Hall–Kier alpha value is -1.43. The smallest absolute Gasteiger partial charge is 0.236 e. The van der Waals surface area contributed by atoms with E-state index in [0.717, 1.165) is 32.1 Å². The lowest BCUT2D eigenvalue weighted by molar-refractivity contribution is -0.128. The molecule has 0 heterocycles. The Morgan fingerprint density at radius 3 is 2.28 bits per heavy atom. The summed E-state index contributed by atoms with van der Waals surface area (Å²) < 4.78 is 0. The van der Waals surface area contributed by atoms with Crippen molar-refractivity contribution in [2.45, 2.75) is 85.1 Å². The molecule has 0 bridgehead atoms. The lowest BCUT2D eigenvalue weighted by Crippen LogP contribution is -2.42. The zero-order valence-corrected chi connectivity index (χ0v) is 16.5. The van der Waals surface area contributed by atoms with Gasteiger partial charge in [0.15, 0.2) is 0 Å². The largest absolute Gasteiger partial charge is 0.356 e. The molecular weight excluding hydrogens is 318 g/mol. The number of ketones is 1. The fourth-order valence-corrected chi connectivity index (χ4v) is 2.77. The van der Waals surface area contributed by atoms with E-state index < -0.39 is 6.04 Å². The van der Waals surface area contributed by atoms with Crippen LogP contribution < -0.4 is 16.4 Å². The average Bonchev–Trinajstić information content (AvgIpc) is 2.60. The quantitative estimate of drug-likeness (QED) is 0.416. The first-order valence-electron chi connectivity index (χ1n) is 9.64. The van der Waals surface area contributed by atoms with Crippen LogP contribution in [0.5, 0.6) is 0 Å². The monoisotopic (exact) mass is 355 g/mol. The maximum absolute atomic E-state index is 12.3. The topological polar surface area (TPSA) is 101 Å². The number of Topliss-reactive ketones (excluding diaryl/α,β-unsaturated/α-hetero) is 1. The summed E-state index contributed by atoms with van der Waals surface area (Å²) in [6, 6.07) is -0.565. The molecule has 0 saturated heterocycles. The molecule has 0 aromatic carbocycles. The van der Waals surface area contributed by atoms with Gasteiger partial charge in [-0.1, -0.05) is 34.1 Å². The van der Waals surface area contributed by atoms with Crippen molar-refractivity contribution in [2.75, 3.05) is 13.1 Å². The van der Waals surface area contributed by atoms with E-state index in [9.17, 15) is 14.4 Å². The minimum Gasteiger partial charge on any atom is -0.356 e. The first-order valence-corrected chi connectivity index (χ1v) is 9.64. The molecule has 2 atom stereocenters. The number of nitrogens with two attached hydrogens (primary N) is 1. The number of rotatable bonds is 14. The Kier molecular flexibility index (Phi) is 12.1. The zero-order valence-electron chi connectivity index (χ0n) is 16.5. The fraction of sp³-hybridized carbons (Fsp3) is 0.842. The summed E-state index contributed by atoms with van der Waals surface area (Å²) in [5.74, 6) is 0.0327. The van der Waals surface area contributed by atoms with E-state index in [1.807, 2.05) is 20.8 Å². The zero-order chi connectivity index (χ0) is 19.3. The van der Waals surface area contributed by atoms with Gasteiger partial charge in [0.2, 0.25) is 11.8 Å². The highest BCUT2D eigenvalue weighted by atomic mass is 16.2. The summed E-state index contributed by atoms with van der Waals surface area (Å²) in [6.07, 6.45) is 5.67. The minimum atomic E-state index is -0.565. The maximum Gasteiger partial charge on any atom is 0.236 e. The normalized spacial score (nSPS) is 14.4. The summed E-state index contributed by atoms with van der Waals surface area (Å²) in [5.41, 5.74) is 5.59. The second-order valence-corrected chi connectivity index (χ2v) is 6.93. The Bertz CT molecular complexity index is 426. The lowest BCUT2D eigenvalue weighted by Gasteiger charge is -2.26. The van der Waals surface area contributed by atoms with Gasteiger partial charge in [-0.05, 0) is 32.1 Å². The summed E-state index contributed by atoms with van der Waals surface area (Å²) in [7, 11) is 0. The van der Waals surface area contributed by atoms with Gasteiger partial charge in [-0.25, -0.2) is 0 Å². The van der Waals surface area contributed by atoms with Crippen molar-refractivity contribution in [3.63, 3.8) is 0 Å². The van der Waals surface area contributed by atoms with Gasteiger partial charge in [-0.15, -0.1) is 0 Å². The summed E-state index contributed by atoms with van der Waals surface area (Å²) in [6.45, 7) is 8.88. The molecule has 2 amide bonds. The van der Waals surface area contributed by atoms with E-state index in [1.54, 1.807) is 0 Å². The fourth-order valence-electron chi connectivity index (χ4n) is 2.77. The van der Waals surface area contributed by atoms with E-state index >= 15 is 0 Å². The van der Waals surface area contributed by atoms with Crippen LogP contribution in [0.2, 0.25) is 0 Å². The highest BCUT2D eigenvalue weighted by Crippen LogP contribution is 2.29. The van der Waals surface area contributed by atoms with Gasteiger partial charge in [0.05, 0.1) is 6.04 Å². The number of hydrogen-bond acceptors (Lipinski definition) is 4. The van der Waals surface area contributed by atoms with Crippen molar-refractivity contribution in [3.05, 3.63) is 0 Å². The van der Waals surface area contributed by atoms with Crippen LogP contribution in [0, 0.1) is 5.41 Å². The van der Waals surface area contributed by atoms with Gasteiger partial charge in [0.1, 0.15) is 5.78 Å². The average molecular weight is 356 g/mol. The van der Waals surface area contributed by atoms with Crippen LogP contribution in [0.4, 0.5) is 0 Å². The molecule has 25 heavy (non-hydrogen) atoms. The molecule has 0 fully saturated rings. The summed E-state index contributed by atoms with van der Waals surface area (Å²) >= 11 is 0. The first-order chi connectivity index (χ1) is 11.8. The lowest BCUT2D eigenvalue weighted by atomic mass is 9.78. The molecule has 0 radical (unpaired) electrons. The molecule has 146 valence electrons. The van der Waals surface area contributed by atoms with E-state index in [0.29, 0.717) is 32.4 Å². The maximum atomic E-state index is 12.3. The molecule has 4 N–H and O–H groups in total. The third-order valence-electron chi connectivity index (χ3n) is 4.83. The molecule has 0 aromatic rings. The molecule has 0 spiro atoms. The Balaban J connectivity index is 3.97. The van der Waals surface area contributed by atoms with E-state index in [4.69, 9.17) is 5.73 Å². The third kappa shape index (κ3) is 9.58. The first kappa shape index (κ1) is 23.6. The molecule has 0 saturated carbocycles. The number of nitrogens with one attached hydrogen (secondary N) is 2. The molecule has 0 aliphatic carbocycles. The predicted octanol–water partition coefficient (Wildman–Crippen LogP) is 2.30. The highest BCUT2D eigenvalue weighted by Gasteiger charge is 2.29. The molecule has 0 aromatic heterocycles. The van der Waals surface area contributed by atoms with E-state index in [2.05, 4.69) is 17.6 Å². The standard InChI is InChI=1S/C19H37N3O3/c1-5-12-19(4,7-3)16(23)11-14-22-18(25)15(20)10-8-9-13-21-17(24)6-2/h15H,5-14,20H2,1-4H3,(H,21,24)(H,22,25)/t15-,19?/m0/s1. The Morgan fingerprint density at radius 1 is 1.04 bits per heavy atom.